The zero-order chi connectivity index (χ0) is 24.7. The van der Waals surface area contributed by atoms with Crippen LogP contribution in [0.3, 0.4) is 0 Å². The Labute approximate surface area is 206 Å². The number of nitriles is 1. The van der Waals surface area contributed by atoms with Crippen molar-refractivity contribution >= 4 is 21.8 Å². The molecule has 0 fully saturated rings. The van der Waals surface area contributed by atoms with E-state index in [1.54, 1.807) is 0 Å². The lowest BCUT2D eigenvalue weighted by Crippen LogP contribution is -2.46. The quantitative estimate of drug-likeness (QED) is 0.242. The summed E-state index contributed by atoms with van der Waals surface area (Å²) in [6, 6.07) is 24.3. The second-order valence-electron chi connectivity index (χ2n) is 9.51. The summed E-state index contributed by atoms with van der Waals surface area (Å²) in [4.78, 5) is 3.42. The van der Waals surface area contributed by atoms with Gasteiger partial charge in [-0.05, 0) is 62.6 Å². The van der Waals surface area contributed by atoms with Crippen LogP contribution in [-0.4, -0.2) is 41.5 Å². The minimum Gasteiger partial charge on any atom is -0.494 e. The van der Waals surface area contributed by atoms with Gasteiger partial charge in [0.1, 0.15) is 24.2 Å². The highest BCUT2D eigenvalue weighted by Gasteiger charge is 2.20. The normalized spacial score (nSPS) is 12.5. The van der Waals surface area contributed by atoms with Crippen molar-refractivity contribution < 1.29 is 14.6 Å². The van der Waals surface area contributed by atoms with Gasteiger partial charge in [-0.15, -0.1) is 0 Å². The number of nitrogens with one attached hydrogen (secondary N) is 2. The van der Waals surface area contributed by atoms with Gasteiger partial charge in [0, 0.05) is 34.8 Å². The number of unbranched alkanes of at least 4 members (excludes halogenated alkanes) is 1. The highest BCUT2D eigenvalue weighted by atomic mass is 16.5. The van der Waals surface area contributed by atoms with Crippen LogP contribution in [0.5, 0.6) is 11.5 Å². The number of benzene rings is 3. The number of aromatic amines is 1. The highest BCUT2D eigenvalue weighted by Crippen LogP contribution is 2.33. The summed E-state index contributed by atoms with van der Waals surface area (Å²) in [5, 5.41) is 24.8. The molecule has 4 rings (SSSR count). The fourth-order valence-corrected chi connectivity index (χ4v) is 4.25. The lowest BCUT2D eigenvalue weighted by molar-refractivity contribution is 0.0996. The monoisotopic (exact) mass is 471 g/mol. The summed E-state index contributed by atoms with van der Waals surface area (Å²) in [7, 11) is 0. The van der Waals surface area contributed by atoms with Crippen LogP contribution in [0.1, 0.15) is 32.3 Å². The Morgan fingerprint density at radius 1 is 1.00 bits per heavy atom. The number of fused-ring (bicyclic) bond motifs is 3. The topological polar surface area (TPSA) is 90.3 Å². The second kappa shape index (κ2) is 11.3. The molecule has 182 valence electrons. The molecule has 0 aliphatic heterocycles. The van der Waals surface area contributed by atoms with Gasteiger partial charge in [0.15, 0.2) is 0 Å². The molecule has 0 saturated carbocycles. The number of para-hydroxylation sites is 1. The standard InChI is InChI=1S/C29H33N3O3/c1-29(2,18-21-12-14-23(15-13-21)34-17-6-5-16-30)31-19-22(33)20-35-27-11-7-10-26-28(27)24-8-3-4-9-25(24)32-26/h3-4,7-15,22,31-33H,5-6,17-20H2,1-2H3. The molecule has 0 aliphatic rings. The van der Waals surface area contributed by atoms with Gasteiger partial charge in [0.25, 0.3) is 0 Å². The average Bonchev–Trinajstić information content (AvgIpc) is 3.24. The minimum atomic E-state index is -0.640. The number of β-amino-alcohol motifs (C(OH)–C–C–N with tert-alkyl or cyclic N) is 1. The van der Waals surface area contributed by atoms with Crippen LogP contribution in [0, 0.1) is 11.3 Å². The summed E-state index contributed by atoms with van der Waals surface area (Å²) < 4.78 is 11.7. The van der Waals surface area contributed by atoms with Crippen LogP contribution < -0.4 is 14.8 Å². The van der Waals surface area contributed by atoms with Gasteiger partial charge in [0.05, 0.1) is 18.2 Å². The molecule has 3 aromatic carbocycles. The fraction of sp³-hybridized carbons (Fsp3) is 0.345. The highest BCUT2D eigenvalue weighted by molar-refractivity contribution is 6.10. The first kappa shape index (κ1) is 24.6. The van der Waals surface area contributed by atoms with Crippen molar-refractivity contribution in [3.63, 3.8) is 0 Å². The molecule has 0 bridgehead atoms. The van der Waals surface area contributed by atoms with E-state index in [0.29, 0.717) is 19.6 Å². The van der Waals surface area contributed by atoms with Crippen molar-refractivity contribution in [1.29, 1.82) is 5.26 Å². The number of aromatic nitrogens is 1. The van der Waals surface area contributed by atoms with Gasteiger partial charge < -0.3 is 24.9 Å². The van der Waals surface area contributed by atoms with E-state index in [2.05, 4.69) is 54.5 Å². The Morgan fingerprint density at radius 3 is 2.57 bits per heavy atom. The summed E-state index contributed by atoms with van der Waals surface area (Å²) in [6.07, 6.45) is 1.41. The van der Waals surface area contributed by atoms with E-state index in [9.17, 15) is 5.11 Å². The van der Waals surface area contributed by atoms with E-state index in [-0.39, 0.29) is 12.1 Å². The van der Waals surface area contributed by atoms with Crippen molar-refractivity contribution in [3.05, 3.63) is 72.3 Å². The molecule has 1 aromatic heterocycles. The van der Waals surface area contributed by atoms with Gasteiger partial charge in [-0.25, -0.2) is 0 Å². The Bertz CT molecular complexity index is 1290. The summed E-state index contributed by atoms with van der Waals surface area (Å²) >= 11 is 0. The molecule has 35 heavy (non-hydrogen) atoms. The first-order chi connectivity index (χ1) is 16.9. The second-order valence-corrected chi connectivity index (χ2v) is 9.51. The maximum absolute atomic E-state index is 10.6. The number of nitrogens with zero attached hydrogens (tertiary/aromatic N) is 1. The summed E-state index contributed by atoms with van der Waals surface area (Å²) in [5.74, 6) is 1.59. The molecule has 0 aliphatic carbocycles. The van der Waals surface area contributed by atoms with Crippen LogP contribution >= 0.6 is 0 Å². The smallest absolute Gasteiger partial charge is 0.129 e. The number of ether oxygens (including phenoxy) is 2. The van der Waals surface area contributed by atoms with E-state index in [1.807, 2.05) is 42.5 Å². The number of aliphatic hydroxyl groups is 1. The predicted molar refractivity (Wildman–Crippen MR) is 140 cm³/mol. The number of aliphatic hydroxyl groups excluding tert-OH is 1. The van der Waals surface area contributed by atoms with Crippen LogP contribution in [0.15, 0.2) is 66.7 Å². The number of H-pyrrole nitrogens is 1. The van der Waals surface area contributed by atoms with Crippen molar-refractivity contribution in [2.45, 2.75) is 44.8 Å². The number of hydrogen-bond donors (Lipinski definition) is 3. The van der Waals surface area contributed by atoms with E-state index in [4.69, 9.17) is 14.7 Å². The molecule has 1 atom stereocenters. The van der Waals surface area contributed by atoms with Crippen molar-refractivity contribution in [1.82, 2.24) is 10.3 Å². The number of rotatable bonds is 12. The van der Waals surface area contributed by atoms with Crippen molar-refractivity contribution in [3.8, 4) is 17.6 Å². The maximum Gasteiger partial charge on any atom is 0.129 e. The third-order valence-electron chi connectivity index (χ3n) is 6.01. The fourth-order valence-electron chi connectivity index (χ4n) is 4.25. The third-order valence-corrected chi connectivity index (χ3v) is 6.01. The Balaban J connectivity index is 1.27. The van der Waals surface area contributed by atoms with Gasteiger partial charge in [-0.2, -0.15) is 5.26 Å². The van der Waals surface area contributed by atoms with Crippen LogP contribution in [0.2, 0.25) is 0 Å². The first-order valence-corrected chi connectivity index (χ1v) is 12.1. The largest absolute Gasteiger partial charge is 0.494 e. The molecule has 6 heteroatoms. The first-order valence-electron chi connectivity index (χ1n) is 12.1. The molecule has 1 heterocycles. The SMILES string of the molecule is CC(C)(Cc1ccc(OCCCC#N)cc1)NCC(O)COc1cccc2[nH]c3ccccc3c12. The van der Waals surface area contributed by atoms with E-state index < -0.39 is 6.10 Å². The molecule has 3 N–H and O–H groups in total. The zero-order valence-corrected chi connectivity index (χ0v) is 20.4. The van der Waals surface area contributed by atoms with Crippen molar-refractivity contribution in [2.24, 2.45) is 0 Å². The van der Waals surface area contributed by atoms with E-state index in [0.717, 1.165) is 46.1 Å². The molecule has 0 amide bonds. The third kappa shape index (κ3) is 6.54. The average molecular weight is 472 g/mol. The molecular formula is C29H33N3O3. The Morgan fingerprint density at radius 2 is 1.77 bits per heavy atom. The maximum atomic E-state index is 10.6. The van der Waals surface area contributed by atoms with Gasteiger partial charge in [0.2, 0.25) is 0 Å². The Hall–Kier alpha value is -3.53. The van der Waals surface area contributed by atoms with Crippen LogP contribution in [0.4, 0.5) is 0 Å². The zero-order valence-electron chi connectivity index (χ0n) is 20.4. The molecule has 6 nitrogen and oxygen atoms in total. The van der Waals surface area contributed by atoms with E-state index in [1.165, 1.54) is 5.56 Å². The lowest BCUT2D eigenvalue weighted by Gasteiger charge is -2.28. The van der Waals surface area contributed by atoms with Crippen LogP contribution in [-0.2, 0) is 6.42 Å². The van der Waals surface area contributed by atoms with E-state index >= 15 is 0 Å². The molecule has 0 saturated heterocycles. The van der Waals surface area contributed by atoms with Crippen LogP contribution in [0.25, 0.3) is 21.8 Å². The molecule has 1 unspecified atom stereocenters. The summed E-state index contributed by atoms with van der Waals surface area (Å²) in [6.45, 7) is 5.43. The van der Waals surface area contributed by atoms with Gasteiger partial charge >= 0.3 is 0 Å². The molecule has 4 aromatic rings. The minimum absolute atomic E-state index is 0.201. The summed E-state index contributed by atoms with van der Waals surface area (Å²) in [5.41, 5.74) is 3.08. The lowest BCUT2D eigenvalue weighted by atomic mass is 9.94. The predicted octanol–water partition coefficient (Wildman–Crippen LogP) is 5.35. The van der Waals surface area contributed by atoms with Gasteiger partial charge in [-0.3, -0.25) is 0 Å². The van der Waals surface area contributed by atoms with Gasteiger partial charge in [-0.1, -0.05) is 36.4 Å². The number of hydrogen-bond acceptors (Lipinski definition) is 5. The molecule has 0 spiro atoms. The molecular weight excluding hydrogens is 438 g/mol. The Kier molecular flexibility index (Phi) is 7.91. The molecule has 0 radical (unpaired) electrons. The van der Waals surface area contributed by atoms with Crippen molar-refractivity contribution in [2.75, 3.05) is 19.8 Å².